The summed E-state index contributed by atoms with van der Waals surface area (Å²) in [4.78, 5) is 0.0784. The van der Waals surface area contributed by atoms with Gasteiger partial charge in [-0.05, 0) is 66.9 Å². The number of hydrogen-bond acceptors (Lipinski definition) is 3. The van der Waals surface area contributed by atoms with E-state index in [1.807, 2.05) is 7.05 Å². The van der Waals surface area contributed by atoms with Crippen LogP contribution in [0.4, 0.5) is 4.39 Å². The number of rotatable bonds is 4. The van der Waals surface area contributed by atoms with Crippen LogP contribution in [0, 0.1) is 5.82 Å². The SMILES string of the molecule is CNC1CCC(NS(=O)(=O)c2ccc(F)cc2Br)CC1. The van der Waals surface area contributed by atoms with Crippen molar-refractivity contribution in [3.8, 4) is 0 Å². The lowest BCUT2D eigenvalue weighted by atomic mass is 9.92. The average Bonchev–Trinajstić information content (AvgIpc) is 2.38. The molecule has 0 spiro atoms. The second-order valence-electron chi connectivity index (χ2n) is 5.03. The average molecular weight is 365 g/mol. The van der Waals surface area contributed by atoms with E-state index in [0.717, 1.165) is 37.8 Å². The number of sulfonamides is 1. The molecule has 0 aliphatic heterocycles. The molecule has 1 aliphatic carbocycles. The highest BCUT2D eigenvalue weighted by atomic mass is 79.9. The lowest BCUT2D eigenvalue weighted by Gasteiger charge is -2.28. The van der Waals surface area contributed by atoms with Gasteiger partial charge in [-0.1, -0.05) is 0 Å². The highest BCUT2D eigenvalue weighted by Gasteiger charge is 2.26. The third-order valence-electron chi connectivity index (χ3n) is 3.64. The van der Waals surface area contributed by atoms with Crippen LogP contribution < -0.4 is 10.0 Å². The molecule has 0 bridgehead atoms. The van der Waals surface area contributed by atoms with E-state index in [4.69, 9.17) is 0 Å². The summed E-state index contributed by atoms with van der Waals surface area (Å²) >= 11 is 3.10. The van der Waals surface area contributed by atoms with E-state index in [-0.39, 0.29) is 15.4 Å². The Balaban J connectivity index is 2.08. The first-order valence-electron chi connectivity index (χ1n) is 6.57. The second-order valence-corrected chi connectivity index (χ2v) is 7.57. The molecule has 4 nitrogen and oxygen atoms in total. The first-order chi connectivity index (χ1) is 9.42. The molecular formula is C13H18BrFN2O2S. The number of halogens is 2. The molecule has 0 unspecified atom stereocenters. The van der Waals surface area contributed by atoms with Crippen LogP contribution >= 0.6 is 15.9 Å². The van der Waals surface area contributed by atoms with Crippen LogP contribution in [-0.4, -0.2) is 27.5 Å². The smallest absolute Gasteiger partial charge is 0.241 e. The zero-order valence-electron chi connectivity index (χ0n) is 11.2. The van der Waals surface area contributed by atoms with E-state index in [9.17, 15) is 12.8 Å². The van der Waals surface area contributed by atoms with Gasteiger partial charge in [0.15, 0.2) is 0 Å². The van der Waals surface area contributed by atoms with Crippen LogP contribution in [0.25, 0.3) is 0 Å². The van der Waals surface area contributed by atoms with Gasteiger partial charge in [0, 0.05) is 16.6 Å². The Labute approximate surface area is 127 Å². The van der Waals surface area contributed by atoms with Crippen molar-refractivity contribution in [1.82, 2.24) is 10.0 Å². The Morgan fingerprint density at radius 1 is 1.20 bits per heavy atom. The Hall–Kier alpha value is -0.500. The van der Waals surface area contributed by atoms with Crippen LogP contribution in [0.15, 0.2) is 27.6 Å². The molecule has 1 aliphatic rings. The molecule has 2 rings (SSSR count). The predicted molar refractivity (Wildman–Crippen MR) is 79.5 cm³/mol. The van der Waals surface area contributed by atoms with Crippen molar-refractivity contribution in [2.45, 2.75) is 42.7 Å². The van der Waals surface area contributed by atoms with Gasteiger partial charge < -0.3 is 5.32 Å². The molecular weight excluding hydrogens is 347 g/mol. The van der Waals surface area contributed by atoms with E-state index >= 15 is 0 Å². The first kappa shape index (κ1) is 15.9. The summed E-state index contributed by atoms with van der Waals surface area (Å²) in [5, 5.41) is 3.21. The summed E-state index contributed by atoms with van der Waals surface area (Å²) in [5.74, 6) is -0.467. The summed E-state index contributed by atoms with van der Waals surface area (Å²) in [5.41, 5.74) is 0. The largest absolute Gasteiger partial charge is 0.317 e. The fourth-order valence-electron chi connectivity index (χ4n) is 2.48. The molecule has 0 saturated heterocycles. The zero-order valence-corrected chi connectivity index (χ0v) is 13.6. The molecule has 0 radical (unpaired) electrons. The molecule has 1 saturated carbocycles. The topological polar surface area (TPSA) is 58.2 Å². The minimum atomic E-state index is -3.62. The maximum absolute atomic E-state index is 13.0. The summed E-state index contributed by atoms with van der Waals surface area (Å²) in [6.45, 7) is 0. The number of benzene rings is 1. The Morgan fingerprint density at radius 2 is 1.80 bits per heavy atom. The van der Waals surface area contributed by atoms with Crippen LogP contribution in [0.5, 0.6) is 0 Å². The summed E-state index contributed by atoms with van der Waals surface area (Å²) in [7, 11) is -1.69. The number of hydrogen-bond donors (Lipinski definition) is 2. The molecule has 0 atom stereocenters. The summed E-state index contributed by atoms with van der Waals surface area (Å²) in [6.07, 6.45) is 3.52. The standard InChI is InChI=1S/C13H18BrFN2O2S/c1-16-10-3-5-11(6-4-10)17-20(18,19)13-7-2-9(15)8-12(13)14/h2,7-8,10-11,16-17H,3-6H2,1H3. The van der Waals surface area contributed by atoms with Crippen molar-refractivity contribution < 1.29 is 12.8 Å². The fraction of sp³-hybridized carbons (Fsp3) is 0.538. The second kappa shape index (κ2) is 6.51. The number of nitrogens with one attached hydrogen (secondary N) is 2. The quantitative estimate of drug-likeness (QED) is 0.862. The molecule has 1 aromatic rings. The zero-order chi connectivity index (χ0) is 14.8. The predicted octanol–water partition coefficient (Wildman–Crippen LogP) is 2.40. The van der Waals surface area contributed by atoms with Crippen LogP contribution in [-0.2, 0) is 10.0 Å². The normalized spacial score (nSPS) is 23.8. The van der Waals surface area contributed by atoms with E-state index in [0.29, 0.717) is 6.04 Å². The minimum absolute atomic E-state index is 0.0541. The van der Waals surface area contributed by atoms with Gasteiger partial charge in [0.05, 0.1) is 4.90 Å². The highest BCUT2D eigenvalue weighted by molar-refractivity contribution is 9.10. The van der Waals surface area contributed by atoms with Gasteiger partial charge in [0.25, 0.3) is 0 Å². The maximum atomic E-state index is 13.0. The van der Waals surface area contributed by atoms with Crippen LogP contribution in [0.2, 0.25) is 0 Å². The molecule has 0 amide bonds. The Morgan fingerprint density at radius 3 is 2.35 bits per heavy atom. The van der Waals surface area contributed by atoms with Crippen molar-refractivity contribution in [3.05, 3.63) is 28.5 Å². The van der Waals surface area contributed by atoms with Gasteiger partial charge in [-0.15, -0.1) is 0 Å². The van der Waals surface area contributed by atoms with Crippen LogP contribution in [0.3, 0.4) is 0 Å². The van der Waals surface area contributed by atoms with Gasteiger partial charge in [-0.25, -0.2) is 17.5 Å². The maximum Gasteiger partial charge on any atom is 0.241 e. The highest BCUT2D eigenvalue weighted by Crippen LogP contribution is 2.25. The lowest BCUT2D eigenvalue weighted by molar-refractivity contribution is 0.342. The van der Waals surface area contributed by atoms with E-state index < -0.39 is 15.8 Å². The van der Waals surface area contributed by atoms with Gasteiger partial charge in [-0.3, -0.25) is 0 Å². The monoisotopic (exact) mass is 364 g/mol. The van der Waals surface area contributed by atoms with Gasteiger partial charge in [0.1, 0.15) is 5.82 Å². The van der Waals surface area contributed by atoms with Crippen molar-refractivity contribution in [2.75, 3.05) is 7.05 Å². The molecule has 0 aromatic heterocycles. The van der Waals surface area contributed by atoms with E-state index in [1.165, 1.54) is 6.07 Å². The van der Waals surface area contributed by atoms with Crippen molar-refractivity contribution >= 4 is 26.0 Å². The third kappa shape index (κ3) is 3.78. The molecule has 1 fully saturated rings. The van der Waals surface area contributed by atoms with Crippen molar-refractivity contribution in [2.24, 2.45) is 0 Å². The van der Waals surface area contributed by atoms with Crippen LogP contribution in [0.1, 0.15) is 25.7 Å². The van der Waals surface area contributed by atoms with Crippen molar-refractivity contribution in [3.63, 3.8) is 0 Å². The molecule has 2 N–H and O–H groups in total. The molecule has 112 valence electrons. The van der Waals surface area contributed by atoms with E-state index in [2.05, 4.69) is 26.0 Å². The van der Waals surface area contributed by atoms with E-state index in [1.54, 1.807) is 0 Å². The Kier molecular flexibility index (Phi) is 5.17. The summed E-state index contributed by atoms with van der Waals surface area (Å²) in [6, 6.07) is 4.00. The van der Waals surface area contributed by atoms with Gasteiger partial charge >= 0.3 is 0 Å². The lowest BCUT2D eigenvalue weighted by Crippen LogP contribution is -2.41. The Bertz CT molecular complexity index is 572. The third-order valence-corrected chi connectivity index (χ3v) is 6.14. The van der Waals surface area contributed by atoms with Gasteiger partial charge in [0.2, 0.25) is 10.0 Å². The molecule has 1 aromatic carbocycles. The minimum Gasteiger partial charge on any atom is -0.317 e. The first-order valence-corrected chi connectivity index (χ1v) is 8.84. The fourth-order valence-corrected chi connectivity index (χ4v) is 4.83. The molecule has 0 heterocycles. The molecule has 20 heavy (non-hydrogen) atoms. The summed E-state index contributed by atoms with van der Waals surface area (Å²) < 4.78 is 40.6. The van der Waals surface area contributed by atoms with Gasteiger partial charge in [-0.2, -0.15) is 0 Å². The molecule has 7 heteroatoms. The van der Waals surface area contributed by atoms with Crippen molar-refractivity contribution in [1.29, 1.82) is 0 Å².